The zero-order valence-electron chi connectivity index (χ0n) is 13.9. The molecule has 1 aliphatic heterocycles. The number of halogens is 2. The molecule has 2 aromatic carbocycles. The van der Waals surface area contributed by atoms with Gasteiger partial charge in [-0.15, -0.1) is 0 Å². The molecule has 3 rings (SSSR count). The zero-order valence-corrected chi connectivity index (χ0v) is 14.7. The number of nitrogens with one attached hydrogen (secondary N) is 1. The van der Waals surface area contributed by atoms with Gasteiger partial charge in [0.05, 0.1) is 16.1 Å². The second-order valence-corrected chi connectivity index (χ2v) is 7.92. The third kappa shape index (κ3) is 3.61. The van der Waals surface area contributed by atoms with Crippen LogP contribution in [0.15, 0.2) is 47.4 Å². The minimum atomic E-state index is -3.84. The lowest BCUT2D eigenvalue weighted by molar-refractivity contribution is 0.102. The van der Waals surface area contributed by atoms with Gasteiger partial charge in [-0.2, -0.15) is 4.31 Å². The van der Waals surface area contributed by atoms with Crippen LogP contribution in [-0.2, 0) is 10.0 Å². The van der Waals surface area contributed by atoms with E-state index in [1.807, 2.05) is 0 Å². The fraction of sp³-hybridized carbons (Fsp3) is 0.278. The number of hydrogen-bond donors (Lipinski definition) is 1. The number of hydrogen-bond acceptors (Lipinski definition) is 3. The summed E-state index contributed by atoms with van der Waals surface area (Å²) in [4.78, 5) is 12.4. The average Bonchev–Trinajstić information content (AvgIpc) is 2.66. The Balaban J connectivity index is 1.94. The van der Waals surface area contributed by atoms with E-state index in [1.54, 1.807) is 0 Å². The Hall–Kier alpha value is -2.32. The molecule has 0 aromatic heterocycles. The predicted molar refractivity (Wildman–Crippen MR) is 93.4 cm³/mol. The van der Waals surface area contributed by atoms with E-state index in [0.717, 1.165) is 25.3 Å². The van der Waals surface area contributed by atoms with Crippen molar-refractivity contribution in [3.8, 4) is 0 Å². The molecule has 1 aliphatic rings. The van der Waals surface area contributed by atoms with Gasteiger partial charge in [-0.1, -0.05) is 24.6 Å². The van der Waals surface area contributed by atoms with Gasteiger partial charge < -0.3 is 5.32 Å². The van der Waals surface area contributed by atoms with Crippen LogP contribution in [0, 0.1) is 11.6 Å². The molecular formula is C18H18F2N2O3S. The molecule has 0 spiro atoms. The molecule has 5 nitrogen and oxygen atoms in total. The van der Waals surface area contributed by atoms with Crippen molar-refractivity contribution >= 4 is 21.6 Å². The first-order chi connectivity index (χ1) is 12.4. The van der Waals surface area contributed by atoms with E-state index in [9.17, 15) is 22.0 Å². The Morgan fingerprint density at radius 1 is 0.962 bits per heavy atom. The van der Waals surface area contributed by atoms with Gasteiger partial charge in [0.15, 0.2) is 11.6 Å². The van der Waals surface area contributed by atoms with Gasteiger partial charge in [0.1, 0.15) is 0 Å². The molecule has 0 saturated carbocycles. The van der Waals surface area contributed by atoms with Crippen LogP contribution in [0.1, 0.15) is 29.6 Å². The Bertz CT molecular complexity index is 926. The van der Waals surface area contributed by atoms with Crippen molar-refractivity contribution in [2.45, 2.75) is 24.2 Å². The first-order valence-corrected chi connectivity index (χ1v) is 9.70. The van der Waals surface area contributed by atoms with Crippen molar-refractivity contribution in [3.63, 3.8) is 0 Å². The van der Waals surface area contributed by atoms with E-state index in [0.29, 0.717) is 13.1 Å². The highest BCUT2D eigenvalue weighted by atomic mass is 32.2. The lowest BCUT2D eigenvalue weighted by Crippen LogP contribution is -2.36. The molecule has 0 radical (unpaired) electrons. The summed E-state index contributed by atoms with van der Waals surface area (Å²) >= 11 is 0. The van der Waals surface area contributed by atoms with Gasteiger partial charge in [-0.3, -0.25) is 4.79 Å². The molecule has 1 heterocycles. The van der Waals surface area contributed by atoms with Crippen LogP contribution in [0.2, 0.25) is 0 Å². The molecule has 138 valence electrons. The molecule has 26 heavy (non-hydrogen) atoms. The van der Waals surface area contributed by atoms with Crippen molar-refractivity contribution in [2.75, 3.05) is 18.4 Å². The highest BCUT2D eigenvalue weighted by Crippen LogP contribution is 2.25. The molecule has 1 fully saturated rings. The number of anilines is 1. The third-order valence-corrected chi connectivity index (χ3v) is 6.22. The second-order valence-electron chi connectivity index (χ2n) is 6.02. The van der Waals surface area contributed by atoms with E-state index in [-0.39, 0.29) is 16.1 Å². The number of sulfonamides is 1. The first kappa shape index (κ1) is 18.5. The lowest BCUT2D eigenvalue weighted by atomic mass is 10.2. The molecule has 0 bridgehead atoms. The highest BCUT2D eigenvalue weighted by molar-refractivity contribution is 7.89. The minimum Gasteiger partial charge on any atom is -0.319 e. The Labute approximate surface area is 150 Å². The fourth-order valence-electron chi connectivity index (χ4n) is 2.91. The Morgan fingerprint density at radius 3 is 2.38 bits per heavy atom. The second kappa shape index (κ2) is 7.51. The molecule has 0 aliphatic carbocycles. The van der Waals surface area contributed by atoms with Crippen LogP contribution in [0.4, 0.5) is 14.5 Å². The minimum absolute atomic E-state index is 0.110. The summed E-state index contributed by atoms with van der Waals surface area (Å²) in [5.41, 5.74) is -0.457. The Morgan fingerprint density at radius 2 is 1.65 bits per heavy atom. The van der Waals surface area contributed by atoms with Crippen LogP contribution < -0.4 is 5.32 Å². The van der Waals surface area contributed by atoms with Crippen molar-refractivity contribution in [3.05, 3.63) is 59.7 Å². The SMILES string of the molecule is O=C(Nc1cccc(F)c1F)c1ccccc1S(=O)(=O)N1CCCCC1. The van der Waals surface area contributed by atoms with Gasteiger partial charge in [-0.25, -0.2) is 17.2 Å². The smallest absolute Gasteiger partial charge is 0.257 e. The molecule has 1 amide bonds. The van der Waals surface area contributed by atoms with Crippen LogP contribution in [0.3, 0.4) is 0 Å². The summed E-state index contributed by atoms with van der Waals surface area (Å²) in [6.07, 6.45) is 2.50. The average molecular weight is 380 g/mol. The maximum Gasteiger partial charge on any atom is 0.257 e. The predicted octanol–water partition coefficient (Wildman–Crippen LogP) is 3.39. The van der Waals surface area contributed by atoms with Gasteiger partial charge in [0.25, 0.3) is 5.91 Å². The van der Waals surface area contributed by atoms with Gasteiger partial charge in [0.2, 0.25) is 10.0 Å². The molecular weight excluding hydrogens is 362 g/mol. The quantitative estimate of drug-likeness (QED) is 0.884. The number of piperidine rings is 1. The van der Waals surface area contributed by atoms with Crippen molar-refractivity contribution in [2.24, 2.45) is 0 Å². The van der Waals surface area contributed by atoms with E-state index < -0.39 is 27.6 Å². The first-order valence-electron chi connectivity index (χ1n) is 8.26. The topological polar surface area (TPSA) is 66.5 Å². The molecule has 1 N–H and O–H groups in total. The number of rotatable bonds is 4. The summed E-state index contributed by atoms with van der Waals surface area (Å²) in [6, 6.07) is 9.13. The van der Waals surface area contributed by atoms with Crippen LogP contribution in [-0.4, -0.2) is 31.7 Å². The van der Waals surface area contributed by atoms with Crippen molar-refractivity contribution < 1.29 is 22.0 Å². The number of nitrogens with zero attached hydrogens (tertiary/aromatic N) is 1. The number of benzene rings is 2. The molecule has 8 heteroatoms. The summed E-state index contributed by atoms with van der Waals surface area (Å²) < 4.78 is 54.2. The largest absolute Gasteiger partial charge is 0.319 e. The maximum atomic E-state index is 13.8. The van der Waals surface area contributed by atoms with Crippen LogP contribution >= 0.6 is 0 Å². The standard InChI is InChI=1S/C18H18F2N2O3S/c19-14-8-6-9-15(17(14)20)21-18(23)13-7-2-3-10-16(13)26(24,25)22-11-4-1-5-12-22/h2-3,6-10H,1,4-5,11-12H2,(H,21,23). The summed E-state index contributed by atoms with van der Waals surface area (Å²) in [5.74, 6) is -3.11. The van der Waals surface area contributed by atoms with Gasteiger partial charge in [-0.05, 0) is 37.1 Å². The van der Waals surface area contributed by atoms with Gasteiger partial charge in [0, 0.05) is 13.1 Å². The number of carbonyl (C=O) groups excluding carboxylic acids is 1. The number of carbonyl (C=O) groups is 1. The summed E-state index contributed by atoms with van der Waals surface area (Å²) in [6.45, 7) is 0.799. The third-order valence-electron chi connectivity index (χ3n) is 4.26. The van der Waals surface area contributed by atoms with E-state index in [2.05, 4.69) is 5.32 Å². The lowest BCUT2D eigenvalue weighted by Gasteiger charge is -2.26. The fourth-order valence-corrected chi connectivity index (χ4v) is 4.62. The van der Waals surface area contributed by atoms with E-state index in [4.69, 9.17) is 0 Å². The zero-order chi connectivity index (χ0) is 18.7. The number of amides is 1. The molecule has 0 atom stereocenters. The molecule has 2 aromatic rings. The van der Waals surface area contributed by atoms with Crippen LogP contribution in [0.5, 0.6) is 0 Å². The highest BCUT2D eigenvalue weighted by Gasteiger charge is 2.30. The monoisotopic (exact) mass is 380 g/mol. The van der Waals surface area contributed by atoms with E-state index >= 15 is 0 Å². The molecule has 0 unspecified atom stereocenters. The normalized spacial score (nSPS) is 15.6. The van der Waals surface area contributed by atoms with Crippen molar-refractivity contribution in [1.82, 2.24) is 4.31 Å². The Kier molecular flexibility index (Phi) is 5.33. The summed E-state index contributed by atoms with van der Waals surface area (Å²) in [5, 5.41) is 2.25. The van der Waals surface area contributed by atoms with E-state index in [1.165, 1.54) is 40.7 Å². The maximum absolute atomic E-state index is 13.8. The van der Waals surface area contributed by atoms with Gasteiger partial charge >= 0.3 is 0 Å². The summed E-state index contributed by atoms with van der Waals surface area (Å²) in [7, 11) is -3.84. The van der Waals surface area contributed by atoms with Crippen molar-refractivity contribution in [1.29, 1.82) is 0 Å². The molecule has 1 saturated heterocycles. The van der Waals surface area contributed by atoms with Crippen LogP contribution in [0.25, 0.3) is 0 Å².